The zero-order valence-electron chi connectivity index (χ0n) is 12.6. The summed E-state index contributed by atoms with van der Waals surface area (Å²) in [5, 5.41) is 0. The highest BCUT2D eigenvalue weighted by molar-refractivity contribution is 5.50. The van der Waals surface area contributed by atoms with Gasteiger partial charge in [-0.05, 0) is 85.6 Å². The van der Waals surface area contributed by atoms with Crippen LogP contribution in [0.25, 0.3) is 0 Å². The van der Waals surface area contributed by atoms with Crippen molar-refractivity contribution in [3.8, 4) is 0 Å². The van der Waals surface area contributed by atoms with Crippen molar-refractivity contribution in [2.45, 2.75) is 57.8 Å². The zero-order chi connectivity index (χ0) is 13.2. The van der Waals surface area contributed by atoms with E-state index in [1.54, 1.807) is 32.7 Å². The van der Waals surface area contributed by atoms with Gasteiger partial charge in [-0.15, -0.1) is 0 Å². The molecule has 0 spiro atoms. The van der Waals surface area contributed by atoms with Gasteiger partial charge < -0.3 is 4.90 Å². The molecule has 0 atom stereocenters. The number of fused-ring (bicyclic) bond motifs is 2. The fourth-order valence-corrected chi connectivity index (χ4v) is 4.02. The lowest BCUT2D eigenvalue weighted by Gasteiger charge is -2.15. The van der Waals surface area contributed by atoms with Crippen molar-refractivity contribution in [1.82, 2.24) is 0 Å². The first kappa shape index (κ1) is 13.2. The lowest BCUT2D eigenvalue weighted by molar-refractivity contribution is -0.858. The van der Waals surface area contributed by atoms with Gasteiger partial charge in [-0.3, -0.25) is 0 Å². The summed E-state index contributed by atoms with van der Waals surface area (Å²) in [7, 11) is 4.52. The van der Waals surface area contributed by atoms with E-state index in [4.69, 9.17) is 0 Å². The van der Waals surface area contributed by atoms with Crippen LogP contribution in [0.2, 0.25) is 0 Å². The molecular weight excluding hydrogens is 230 g/mol. The van der Waals surface area contributed by atoms with Crippen LogP contribution in [0, 0.1) is 0 Å². The van der Waals surface area contributed by atoms with E-state index in [-0.39, 0.29) is 0 Å². The fourth-order valence-electron chi connectivity index (χ4n) is 4.02. The first-order chi connectivity index (χ1) is 9.25. The third kappa shape index (κ3) is 2.72. The third-order valence-corrected chi connectivity index (χ3v) is 4.95. The van der Waals surface area contributed by atoms with Crippen molar-refractivity contribution in [3.63, 3.8) is 0 Å². The molecule has 2 aliphatic rings. The van der Waals surface area contributed by atoms with Gasteiger partial charge in [-0.2, -0.15) is 0 Å². The highest BCUT2D eigenvalue weighted by Crippen LogP contribution is 2.35. The van der Waals surface area contributed by atoms with Crippen LogP contribution in [0.15, 0.2) is 6.07 Å². The van der Waals surface area contributed by atoms with Crippen LogP contribution >= 0.6 is 0 Å². The molecule has 0 fully saturated rings. The molecule has 2 aliphatic carbocycles. The van der Waals surface area contributed by atoms with Crippen molar-refractivity contribution in [1.29, 1.82) is 0 Å². The predicted octanol–water partition coefficient (Wildman–Crippen LogP) is 2.13. The highest BCUT2D eigenvalue weighted by atomic mass is 15.0. The topological polar surface area (TPSA) is 4.44 Å². The number of nitrogens with one attached hydrogen (secondary N) is 1. The molecule has 1 nitrogen and oxygen atoms in total. The van der Waals surface area contributed by atoms with Crippen LogP contribution < -0.4 is 4.90 Å². The van der Waals surface area contributed by atoms with Gasteiger partial charge in [-0.25, -0.2) is 0 Å². The van der Waals surface area contributed by atoms with E-state index in [2.05, 4.69) is 20.2 Å². The van der Waals surface area contributed by atoms with E-state index in [1.807, 2.05) is 0 Å². The zero-order valence-corrected chi connectivity index (χ0v) is 12.6. The van der Waals surface area contributed by atoms with Gasteiger partial charge in [0.1, 0.15) is 0 Å². The Hall–Kier alpha value is -0.820. The van der Waals surface area contributed by atoms with Crippen molar-refractivity contribution < 1.29 is 4.90 Å². The van der Waals surface area contributed by atoms with Crippen LogP contribution in [-0.4, -0.2) is 20.6 Å². The van der Waals surface area contributed by atoms with Crippen LogP contribution in [-0.2, 0) is 32.1 Å². The molecule has 1 heteroatoms. The Bertz CT molecular complexity index is 427. The lowest BCUT2D eigenvalue weighted by atomic mass is 9.91. The SMILES string of the molecule is C[NH+](C)CCCCc1c2c(cc3c1CCC3)CCC2. The van der Waals surface area contributed by atoms with E-state index in [9.17, 15) is 0 Å². The highest BCUT2D eigenvalue weighted by Gasteiger charge is 2.23. The smallest absolute Gasteiger partial charge is 0.0766 e. The van der Waals surface area contributed by atoms with Crippen LogP contribution in [0.3, 0.4) is 0 Å². The molecule has 0 heterocycles. The van der Waals surface area contributed by atoms with Crippen molar-refractivity contribution in [3.05, 3.63) is 33.9 Å². The molecule has 19 heavy (non-hydrogen) atoms. The van der Waals surface area contributed by atoms with Crippen LogP contribution in [0.5, 0.6) is 0 Å². The molecule has 0 radical (unpaired) electrons. The van der Waals surface area contributed by atoms with Gasteiger partial charge in [0.2, 0.25) is 0 Å². The van der Waals surface area contributed by atoms with Gasteiger partial charge in [-0.1, -0.05) is 6.07 Å². The van der Waals surface area contributed by atoms with Gasteiger partial charge in [0.15, 0.2) is 0 Å². The Morgan fingerprint density at radius 3 is 2.11 bits per heavy atom. The Kier molecular flexibility index (Phi) is 3.93. The minimum atomic E-state index is 1.32. The number of rotatable bonds is 5. The number of hydrogen-bond acceptors (Lipinski definition) is 0. The molecule has 1 aromatic carbocycles. The number of quaternary nitrogens is 1. The predicted molar refractivity (Wildman–Crippen MR) is 81.1 cm³/mol. The van der Waals surface area contributed by atoms with E-state index in [0.717, 1.165) is 0 Å². The summed E-state index contributed by atoms with van der Waals surface area (Å²) in [6, 6.07) is 2.55. The largest absolute Gasteiger partial charge is 0.340 e. The summed E-state index contributed by atoms with van der Waals surface area (Å²) in [4.78, 5) is 1.59. The minimum absolute atomic E-state index is 1.32. The second-order valence-electron chi connectivity index (χ2n) is 6.75. The molecule has 104 valence electrons. The molecule has 0 aliphatic heterocycles. The number of benzene rings is 1. The molecule has 0 bridgehead atoms. The van der Waals surface area contributed by atoms with Crippen molar-refractivity contribution >= 4 is 0 Å². The molecule has 0 unspecified atom stereocenters. The summed E-state index contributed by atoms with van der Waals surface area (Å²) >= 11 is 0. The normalized spacial score (nSPS) is 17.0. The average Bonchev–Trinajstić information content (AvgIpc) is 3.00. The van der Waals surface area contributed by atoms with Gasteiger partial charge in [0.05, 0.1) is 20.6 Å². The summed E-state index contributed by atoms with van der Waals surface area (Å²) in [6.07, 6.45) is 12.3. The Morgan fingerprint density at radius 1 is 0.895 bits per heavy atom. The minimum Gasteiger partial charge on any atom is -0.340 e. The Morgan fingerprint density at radius 2 is 1.53 bits per heavy atom. The molecule has 0 saturated heterocycles. The molecule has 0 aromatic heterocycles. The summed E-state index contributed by atoms with van der Waals surface area (Å²) < 4.78 is 0. The number of unbranched alkanes of at least 4 members (excludes halogenated alkanes) is 1. The van der Waals surface area contributed by atoms with E-state index in [1.165, 1.54) is 64.3 Å². The molecule has 3 rings (SSSR count). The average molecular weight is 258 g/mol. The summed E-state index contributed by atoms with van der Waals surface area (Å²) in [5.41, 5.74) is 8.72. The van der Waals surface area contributed by atoms with E-state index >= 15 is 0 Å². The van der Waals surface area contributed by atoms with E-state index < -0.39 is 0 Å². The Labute approximate surface area is 118 Å². The second-order valence-corrected chi connectivity index (χ2v) is 6.75. The maximum absolute atomic E-state index is 2.55. The summed E-state index contributed by atoms with van der Waals surface area (Å²) in [5.74, 6) is 0. The Balaban J connectivity index is 1.76. The maximum Gasteiger partial charge on any atom is 0.0766 e. The monoisotopic (exact) mass is 258 g/mol. The lowest BCUT2D eigenvalue weighted by Crippen LogP contribution is -3.05. The van der Waals surface area contributed by atoms with Crippen LogP contribution in [0.4, 0.5) is 0 Å². The first-order valence-electron chi connectivity index (χ1n) is 8.20. The third-order valence-electron chi connectivity index (χ3n) is 4.95. The second kappa shape index (κ2) is 5.66. The fraction of sp³-hybridized carbons (Fsp3) is 0.667. The molecule has 1 N–H and O–H groups in total. The molecule has 1 aromatic rings. The van der Waals surface area contributed by atoms with Gasteiger partial charge in [0, 0.05) is 0 Å². The van der Waals surface area contributed by atoms with Crippen LogP contribution in [0.1, 0.15) is 53.5 Å². The van der Waals surface area contributed by atoms with Gasteiger partial charge in [0.25, 0.3) is 0 Å². The molecular formula is C18H28N+. The quantitative estimate of drug-likeness (QED) is 0.772. The van der Waals surface area contributed by atoms with Crippen molar-refractivity contribution in [2.24, 2.45) is 0 Å². The van der Waals surface area contributed by atoms with Gasteiger partial charge >= 0.3 is 0 Å². The first-order valence-corrected chi connectivity index (χ1v) is 8.20. The van der Waals surface area contributed by atoms with Crippen molar-refractivity contribution in [2.75, 3.05) is 20.6 Å². The maximum atomic E-state index is 2.55. The van der Waals surface area contributed by atoms with E-state index in [0.29, 0.717) is 0 Å². The standard InChI is InChI=1S/C18H27N/c1-19(2)12-4-3-9-18-16-10-5-7-14(16)13-15-8-6-11-17(15)18/h13H,3-12H2,1-2H3/p+1. The number of hydrogen-bond donors (Lipinski definition) is 1. The number of aryl methyl sites for hydroxylation is 2. The molecule has 0 amide bonds. The molecule has 0 saturated carbocycles. The summed E-state index contributed by atoms with van der Waals surface area (Å²) in [6.45, 7) is 1.32.